The highest BCUT2D eigenvalue weighted by Crippen LogP contribution is 2.45. The van der Waals surface area contributed by atoms with Gasteiger partial charge >= 0.3 is 0 Å². The van der Waals surface area contributed by atoms with E-state index < -0.39 is 0 Å². The summed E-state index contributed by atoms with van der Waals surface area (Å²) in [5, 5.41) is 5.00. The minimum atomic E-state index is -0.363. The van der Waals surface area contributed by atoms with Crippen LogP contribution in [0.4, 0.5) is 0 Å². The zero-order chi connectivity index (χ0) is 26.9. The molecular weight excluding hydrogens is 631 g/mol. The maximum Gasteiger partial charge on any atom is 0.277 e. The van der Waals surface area contributed by atoms with E-state index in [2.05, 4.69) is 26.5 Å². The van der Waals surface area contributed by atoms with Gasteiger partial charge in [-0.05, 0) is 75.9 Å². The first-order valence-electron chi connectivity index (χ1n) is 11.7. The average Bonchev–Trinajstić information content (AvgIpc) is 3.45. The number of amides is 1. The van der Waals surface area contributed by atoms with Crippen LogP contribution in [-0.2, 0) is 11.4 Å². The van der Waals surface area contributed by atoms with Crippen molar-refractivity contribution in [1.29, 1.82) is 0 Å². The monoisotopic (exact) mass is 654 g/mol. The third kappa shape index (κ3) is 8.23. The van der Waals surface area contributed by atoms with Crippen LogP contribution in [0.2, 0.25) is 10.0 Å². The standard InChI is InChI=1S/C27H25BrCl2N2O4S2/c1-2-34-24-13-18(11-21(28)26(24)36-15-17-3-8-22(29)23(30)12-17)14-31-32-25(33)16-35-20-6-4-19(5-7-20)27-37-9-10-38-27/h3-8,11-14,27H,2,9-10,15-16H2,1H3,(H,32,33)/b31-14-. The molecule has 4 rings (SSSR count). The van der Waals surface area contributed by atoms with Gasteiger partial charge in [0.15, 0.2) is 18.1 Å². The van der Waals surface area contributed by atoms with E-state index >= 15 is 0 Å². The number of hydrazone groups is 1. The van der Waals surface area contributed by atoms with Crippen molar-refractivity contribution in [2.45, 2.75) is 18.1 Å². The normalized spacial score (nSPS) is 13.6. The van der Waals surface area contributed by atoms with Crippen molar-refractivity contribution in [2.24, 2.45) is 5.10 Å². The fourth-order valence-electron chi connectivity index (χ4n) is 3.48. The summed E-state index contributed by atoms with van der Waals surface area (Å²) in [5.41, 5.74) is 5.33. The molecule has 0 unspecified atom stereocenters. The molecule has 1 fully saturated rings. The van der Waals surface area contributed by atoms with E-state index in [1.54, 1.807) is 18.2 Å². The summed E-state index contributed by atoms with van der Waals surface area (Å²) in [4.78, 5) is 12.2. The predicted octanol–water partition coefficient (Wildman–Crippen LogP) is 7.74. The molecule has 0 spiro atoms. The summed E-state index contributed by atoms with van der Waals surface area (Å²) >= 11 is 19.5. The summed E-state index contributed by atoms with van der Waals surface area (Å²) in [5.74, 6) is 3.71. The maximum absolute atomic E-state index is 12.2. The summed E-state index contributed by atoms with van der Waals surface area (Å²) in [6, 6.07) is 16.8. The molecule has 0 atom stereocenters. The second-order valence-electron chi connectivity index (χ2n) is 8.02. The van der Waals surface area contributed by atoms with Gasteiger partial charge in [0.1, 0.15) is 12.4 Å². The van der Waals surface area contributed by atoms with Gasteiger partial charge in [0.05, 0.1) is 31.9 Å². The highest BCUT2D eigenvalue weighted by Gasteiger charge is 2.18. The van der Waals surface area contributed by atoms with Crippen LogP contribution in [0.25, 0.3) is 0 Å². The maximum atomic E-state index is 12.2. The van der Waals surface area contributed by atoms with Crippen LogP contribution in [0.3, 0.4) is 0 Å². The second-order valence-corrected chi connectivity index (χ2v) is 12.4. The van der Waals surface area contributed by atoms with Crippen LogP contribution in [-0.4, -0.2) is 36.8 Å². The summed E-state index contributed by atoms with van der Waals surface area (Å²) in [6.07, 6.45) is 1.53. The van der Waals surface area contributed by atoms with Crippen molar-refractivity contribution in [3.05, 3.63) is 85.8 Å². The molecule has 0 aromatic heterocycles. The molecular formula is C27H25BrCl2N2O4S2. The Labute approximate surface area is 248 Å². The number of thioether (sulfide) groups is 2. The van der Waals surface area contributed by atoms with E-state index in [0.29, 0.717) is 48.5 Å². The third-order valence-electron chi connectivity index (χ3n) is 5.25. The molecule has 1 N–H and O–H groups in total. The van der Waals surface area contributed by atoms with Crippen LogP contribution in [0, 0.1) is 0 Å². The van der Waals surface area contributed by atoms with Crippen molar-refractivity contribution >= 4 is 74.8 Å². The highest BCUT2D eigenvalue weighted by atomic mass is 79.9. The lowest BCUT2D eigenvalue weighted by molar-refractivity contribution is -0.123. The van der Waals surface area contributed by atoms with Crippen molar-refractivity contribution in [3.8, 4) is 17.2 Å². The molecule has 0 saturated carbocycles. The minimum absolute atomic E-state index is 0.140. The van der Waals surface area contributed by atoms with E-state index in [4.69, 9.17) is 37.4 Å². The molecule has 0 radical (unpaired) electrons. The molecule has 1 amide bonds. The van der Waals surface area contributed by atoms with Gasteiger partial charge in [-0.1, -0.05) is 41.4 Å². The number of halogens is 3. The number of hydrogen-bond acceptors (Lipinski definition) is 7. The molecule has 11 heteroatoms. The summed E-state index contributed by atoms with van der Waals surface area (Å²) in [6.45, 7) is 2.47. The van der Waals surface area contributed by atoms with Gasteiger partial charge in [0.25, 0.3) is 5.91 Å². The number of nitrogens with zero attached hydrogens (tertiary/aromatic N) is 1. The first kappa shape index (κ1) is 29.0. The van der Waals surface area contributed by atoms with Crippen molar-refractivity contribution < 1.29 is 19.0 Å². The van der Waals surface area contributed by atoms with Gasteiger partial charge < -0.3 is 14.2 Å². The van der Waals surface area contributed by atoms with Crippen LogP contribution in [0.1, 0.15) is 28.2 Å². The van der Waals surface area contributed by atoms with Crippen LogP contribution < -0.4 is 19.6 Å². The van der Waals surface area contributed by atoms with Crippen molar-refractivity contribution in [3.63, 3.8) is 0 Å². The van der Waals surface area contributed by atoms with E-state index in [-0.39, 0.29) is 19.1 Å². The lowest BCUT2D eigenvalue weighted by Gasteiger charge is -2.15. The number of benzene rings is 3. The number of nitrogens with one attached hydrogen (secondary N) is 1. The van der Waals surface area contributed by atoms with Gasteiger partial charge in [-0.15, -0.1) is 23.5 Å². The number of carbonyl (C=O) groups excluding carboxylic acids is 1. The molecule has 3 aromatic carbocycles. The van der Waals surface area contributed by atoms with E-state index in [0.717, 1.165) is 5.56 Å². The molecule has 1 aliphatic rings. The molecule has 1 aliphatic heterocycles. The lowest BCUT2D eigenvalue weighted by Crippen LogP contribution is -2.24. The second kappa shape index (κ2) is 14.4. The van der Waals surface area contributed by atoms with E-state index in [1.807, 2.05) is 66.8 Å². The molecule has 38 heavy (non-hydrogen) atoms. The van der Waals surface area contributed by atoms with Gasteiger partial charge in [-0.25, -0.2) is 5.43 Å². The Balaban J connectivity index is 1.31. The molecule has 200 valence electrons. The molecule has 6 nitrogen and oxygen atoms in total. The van der Waals surface area contributed by atoms with Crippen LogP contribution >= 0.6 is 62.7 Å². The third-order valence-corrected chi connectivity index (χ3v) is 9.68. The van der Waals surface area contributed by atoms with Gasteiger partial charge in [-0.2, -0.15) is 5.10 Å². The Morgan fingerprint density at radius 2 is 1.82 bits per heavy atom. The number of hydrogen-bond donors (Lipinski definition) is 1. The Morgan fingerprint density at radius 3 is 2.53 bits per heavy atom. The Hall–Kier alpha value is -2.04. The SMILES string of the molecule is CCOc1cc(/C=N\NC(=O)COc2ccc(C3SCCS3)cc2)cc(Br)c1OCc1ccc(Cl)c(Cl)c1. The molecule has 0 bridgehead atoms. The fraction of sp³-hybridized carbons (Fsp3) is 0.259. The quantitative estimate of drug-likeness (QED) is 0.168. The largest absolute Gasteiger partial charge is 0.490 e. The van der Waals surface area contributed by atoms with Crippen molar-refractivity contribution in [1.82, 2.24) is 5.43 Å². The topological polar surface area (TPSA) is 69.2 Å². The number of ether oxygens (including phenoxy) is 3. The molecule has 1 saturated heterocycles. The van der Waals surface area contributed by atoms with E-state index in [9.17, 15) is 4.79 Å². The van der Waals surface area contributed by atoms with Gasteiger partial charge in [-0.3, -0.25) is 4.79 Å². The molecule has 1 heterocycles. The lowest BCUT2D eigenvalue weighted by atomic mass is 10.2. The minimum Gasteiger partial charge on any atom is -0.490 e. The van der Waals surface area contributed by atoms with Crippen LogP contribution in [0.15, 0.2) is 64.2 Å². The Kier molecular flexibility index (Phi) is 11.0. The summed E-state index contributed by atoms with van der Waals surface area (Å²) in [7, 11) is 0. The molecule has 3 aromatic rings. The smallest absolute Gasteiger partial charge is 0.277 e. The van der Waals surface area contributed by atoms with Gasteiger partial charge in [0.2, 0.25) is 0 Å². The zero-order valence-electron chi connectivity index (χ0n) is 20.4. The zero-order valence-corrected chi connectivity index (χ0v) is 25.1. The highest BCUT2D eigenvalue weighted by molar-refractivity contribution is 9.10. The first-order chi connectivity index (χ1) is 18.4. The Morgan fingerprint density at radius 1 is 1.05 bits per heavy atom. The van der Waals surface area contributed by atoms with Gasteiger partial charge in [0, 0.05) is 11.5 Å². The molecule has 0 aliphatic carbocycles. The predicted molar refractivity (Wildman–Crippen MR) is 161 cm³/mol. The summed E-state index contributed by atoms with van der Waals surface area (Å²) < 4.78 is 18.5. The number of rotatable bonds is 11. The number of carbonyl (C=O) groups is 1. The fourth-order valence-corrected chi connectivity index (χ4v) is 7.24. The van der Waals surface area contributed by atoms with Crippen LogP contribution in [0.5, 0.6) is 17.2 Å². The Bertz CT molecular complexity index is 1290. The first-order valence-corrected chi connectivity index (χ1v) is 15.4. The van der Waals surface area contributed by atoms with Crippen molar-refractivity contribution in [2.75, 3.05) is 24.7 Å². The average molecular weight is 656 g/mol. The van der Waals surface area contributed by atoms with E-state index in [1.165, 1.54) is 23.3 Å².